The van der Waals surface area contributed by atoms with E-state index in [1.165, 1.54) is 4.88 Å². The maximum atomic E-state index is 6.21. The molecule has 5 heteroatoms. The Labute approximate surface area is 123 Å². The van der Waals surface area contributed by atoms with E-state index < -0.39 is 0 Å². The maximum absolute atomic E-state index is 6.21. The highest BCUT2D eigenvalue weighted by molar-refractivity contribution is 9.10. The summed E-state index contributed by atoms with van der Waals surface area (Å²) in [6.45, 7) is 0. The van der Waals surface area contributed by atoms with Gasteiger partial charge >= 0.3 is 0 Å². The number of hydrogen-bond donors (Lipinski definition) is 1. The quantitative estimate of drug-likeness (QED) is 0.814. The minimum atomic E-state index is -0.0357. The van der Waals surface area contributed by atoms with Crippen molar-refractivity contribution in [2.45, 2.75) is 18.6 Å². The summed E-state index contributed by atoms with van der Waals surface area (Å²) < 4.78 is 7.11. The molecule has 2 N–H and O–H groups in total. The summed E-state index contributed by atoms with van der Waals surface area (Å²) in [7, 11) is 0. The van der Waals surface area contributed by atoms with Crippen LogP contribution in [0.2, 0.25) is 5.02 Å². The largest absolute Gasteiger partial charge is 0.484 e. The molecule has 2 unspecified atom stereocenters. The molecule has 0 aliphatic carbocycles. The van der Waals surface area contributed by atoms with E-state index in [1.54, 1.807) is 11.3 Å². The van der Waals surface area contributed by atoms with Gasteiger partial charge in [0.05, 0.1) is 4.88 Å². The van der Waals surface area contributed by atoms with Gasteiger partial charge in [0.2, 0.25) is 0 Å². The first kappa shape index (κ1) is 12.5. The van der Waals surface area contributed by atoms with E-state index in [2.05, 4.69) is 15.9 Å². The Bertz CT molecular complexity index is 586. The summed E-state index contributed by atoms with van der Waals surface area (Å²) in [5.74, 6) is 0.837. The zero-order valence-corrected chi connectivity index (χ0v) is 12.6. The van der Waals surface area contributed by atoms with Crippen molar-refractivity contribution in [2.75, 3.05) is 0 Å². The molecule has 1 aromatic carbocycles. The van der Waals surface area contributed by atoms with Gasteiger partial charge in [0, 0.05) is 27.5 Å². The van der Waals surface area contributed by atoms with Gasteiger partial charge < -0.3 is 10.5 Å². The third-order valence-electron chi connectivity index (χ3n) is 3.05. The normalized spacial score (nSPS) is 22.4. The van der Waals surface area contributed by atoms with Gasteiger partial charge in [-0.05, 0) is 45.6 Å². The maximum Gasteiger partial charge on any atom is 0.136 e. The first-order valence-electron chi connectivity index (χ1n) is 5.59. The van der Waals surface area contributed by atoms with E-state index >= 15 is 0 Å². The molecule has 2 aromatic rings. The molecule has 1 aliphatic rings. The van der Waals surface area contributed by atoms with Crippen LogP contribution < -0.4 is 10.5 Å². The van der Waals surface area contributed by atoms with Crippen LogP contribution in [0.4, 0.5) is 0 Å². The van der Waals surface area contributed by atoms with Crippen molar-refractivity contribution in [3.8, 4) is 5.75 Å². The Morgan fingerprint density at radius 3 is 2.94 bits per heavy atom. The lowest BCUT2D eigenvalue weighted by atomic mass is 9.96. The number of halogens is 2. The Hall–Kier alpha value is -0.550. The Morgan fingerprint density at radius 1 is 1.39 bits per heavy atom. The highest BCUT2D eigenvalue weighted by Crippen LogP contribution is 2.43. The smallest absolute Gasteiger partial charge is 0.136 e. The molecule has 2 nitrogen and oxygen atoms in total. The van der Waals surface area contributed by atoms with Crippen molar-refractivity contribution in [1.29, 1.82) is 0 Å². The fourth-order valence-electron chi connectivity index (χ4n) is 2.17. The SMILES string of the molecule is NC1CC(c2sccc2Br)Oc2ccc(Cl)cc21. The molecule has 1 aliphatic heterocycles. The van der Waals surface area contributed by atoms with Gasteiger partial charge in [-0.15, -0.1) is 11.3 Å². The van der Waals surface area contributed by atoms with E-state index in [-0.39, 0.29) is 12.1 Å². The number of rotatable bonds is 1. The summed E-state index contributed by atoms with van der Waals surface area (Å²) in [6.07, 6.45) is 0.787. The summed E-state index contributed by atoms with van der Waals surface area (Å²) in [5.41, 5.74) is 7.20. The van der Waals surface area contributed by atoms with E-state index in [0.717, 1.165) is 22.2 Å². The lowest BCUT2D eigenvalue weighted by Crippen LogP contribution is -2.23. The summed E-state index contributed by atoms with van der Waals surface area (Å²) in [6, 6.07) is 7.61. The first-order valence-corrected chi connectivity index (χ1v) is 7.65. The van der Waals surface area contributed by atoms with Crippen molar-refractivity contribution < 1.29 is 4.74 Å². The second-order valence-corrected chi connectivity index (χ2v) is 6.50. The number of hydrogen-bond acceptors (Lipinski definition) is 3. The van der Waals surface area contributed by atoms with Crippen LogP contribution in [0.1, 0.15) is 29.0 Å². The Kier molecular flexibility index (Phi) is 3.36. The minimum absolute atomic E-state index is 0.0167. The zero-order chi connectivity index (χ0) is 12.7. The van der Waals surface area contributed by atoms with E-state index in [0.29, 0.717) is 5.02 Å². The van der Waals surface area contributed by atoms with Crippen LogP contribution in [0.5, 0.6) is 5.75 Å². The Morgan fingerprint density at radius 2 is 2.22 bits per heavy atom. The van der Waals surface area contributed by atoms with Crippen LogP contribution >= 0.6 is 38.9 Å². The van der Waals surface area contributed by atoms with Crippen molar-refractivity contribution in [2.24, 2.45) is 5.73 Å². The highest BCUT2D eigenvalue weighted by atomic mass is 79.9. The van der Waals surface area contributed by atoms with Gasteiger partial charge in [-0.1, -0.05) is 11.6 Å². The predicted octanol–water partition coefficient (Wildman–Crippen LogP) is 4.69. The third kappa shape index (κ3) is 2.18. The second-order valence-electron chi connectivity index (χ2n) is 4.26. The summed E-state index contributed by atoms with van der Waals surface area (Å²) in [5, 5.41) is 2.75. The number of thiophene rings is 1. The van der Waals surface area contributed by atoms with Crippen LogP contribution in [-0.2, 0) is 0 Å². The summed E-state index contributed by atoms with van der Waals surface area (Å²) in [4.78, 5) is 1.19. The molecule has 18 heavy (non-hydrogen) atoms. The van der Waals surface area contributed by atoms with E-state index in [1.807, 2.05) is 29.6 Å². The number of ether oxygens (including phenoxy) is 1. The van der Waals surface area contributed by atoms with Crippen LogP contribution in [0.15, 0.2) is 34.1 Å². The lowest BCUT2D eigenvalue weighted by molar-refractivity contribution is 0.164. The highest BCUT2D eigenvalue weighted by Gasteiger charge is 2.29. The van der Waals surface area contributed by atoms with E-state index in [9.17, 15) is 0 Å². The van der Waals surface area contributed by atoms with Gasteiger partial charge in [0.25, 0.3) is 0 Å². The fraction of sp³-hybridized carbons (Fsp3) is 0.231. The van der Waals surface area contributed by atoms with Crippen LogP contribution in [0, 0.1) is 0 Å². The molecule has 94 valence electrons. The Balaban J connectivity index is 1.97. The minimum Gasteiger partial charge on any atom is -0.484 e. The molecule has 0 fully saturated rings. The molecule has 0 radical (unpaired) electrons. The zero-order valence-electron chi connectivity index (χ0n) is 9.40. The average molecular weight is 345 g/mol. The molecule has 0 amide bonds. The third-order valence-corrected chi connectivity index (χ3v) is 5.24. The van der Waals surface area contributed by atoms with Crippen molar-refractivity contribution in [3.05, 3.63) is 49.6 Å². The number of benzene rings is 1. The second kappa shape index (κ2) is 4.85. The van der Waals surface area contributed by atoms with Crippen molar-refractivity contribution in [1.82, 2.24) is 0 Å². The molecule has 3 rings (SSSR count). The van der Waals surface area contributed by atoms with Crippen LogP contribution in [0.3, 0.4) is 0 Å². The van der Waals surface area contributed by atoms with Crippen LogP contribution in [-0.4, -0.2) is 0 Å². The van der Waals surface area contributed by atoms with Gasteiger partial charge in [0.1, 0.15) is 11.9 Å². The molecule has 0 saturated carbocycles. The van der Waals surface area contributed by atoms with E-state index in [4.69, 9.17) is 22.1 Å². The molecule has 1 aromatic heterocycles. The lowest BCUT2D eigenvalue weighted by Gasteiger charge is -2.30. The molecule has 0 saturated heterocycles. The van der Waals surface area contributed by atoms with Gasteiger partial charge in [-0.25, -0.2) is 0 Å². The molecular formula is C13H11BrClNOS. The monoisotopic (exact) mass is 343 g/mol. The molecule has 2 atom stereocenters. The van der Waals surface area contributed by atoms with Crippen LogP contribution in [0.25, 0.3) is 0 Å². The predicted molar refractivity (Wildman–Crippen MR) is 78.4 cm³/mol. The van der Waals surface area contributed by atoms with Gasteiger partial charge in [-0.3, -0.25) is 0 Å². The van der Waals surface area contributed by atoms with Gasteiger partial charge in [0.15, 0.2) is 0 Å². The average Bonchev–Trinajstić information content (AvgIpc) is 2.76. The van der Waals surface area contributed by atoms with Crippen molar-refractivity contribution >= 4 is 38.9 Å². The molecule has 0 bridgehead atoms. The fourth-order valence-corrected chi connectivity index (χ4v) is 4.02. The summed E-state index contributed by atoms with van der Waals surface area (Å²) >= 11 is 11.2. The van der Waals surface area contributed by atoms with Crippen molar-refractivity contribution in [3.63, 3.8) is 0 Å². The molecule has 2 heterocycles. The number of fused-ring (bicyclic) bond motifs is 1. The number of nitrogens with two attached hydrogens (primary N) is 1. The first-order chi connectivity index (χ1) is 8.65. The molecular weight excluding hydrogens is 334 g/mol. The standard InChI is InChI=1S/C13H11BrClNOS/c14-9-3-4-18-13(9)12-6-10(16)8-5-7(15)1-2-11(8)17-12/h1-5,10,12H,6,16H2. The molecule has 0 spiro atoms. The van der Waals surface area contributed by atoms with Gasteiger partial charge in [-0.2, -0.15) is 0 Å². The topological polar surface area (TPSA) is 35.2 Å².